The Hall–Kier alpha value is -1.51. The fraction of sp³-hybridized carbons (Fsp3) is 0.389. The van der Waals surface area contributed by atoms with Crippen LogP contribution >= 0.6 is 35.3 Å². The number of para-hydroxylation sites is 1. The number of aliphatic imine (C=N–C) groups is 1. The second-order valence-electron chi connectivity index (χ2n) is 6.48. The van der Waals surface area contributed by atoms with Gasteiger partial charge < -0.3 is 15.5 Å². The van der Waals surface area contributed by atoms with Crippen molar-refractivity contribution in [2.45, 2.75) is 16.7 Å². The van der Waals surface area contributed by atoms with Crippen molar-refractivity contribution < 1.29 is 17.2 Å². The number of guanidine groups is 1. The Balaban J connectivity index is 0.00000320. The Morgan fingerprint density at radius 2 is 1.97 bits per heavy atom. The first-order valence-corrected chi connectivity index (χ1v) is 11.5. The number of hydrogen-bond donors (Lipinski definition) is 3. The summed E-state index contributed by atoms with van der Waals surface area (Å²) in [5.41, 5.74) is -0.0114. The van der Waals surface area contributed by atoms with Crippen LogP contribution in [-0.2, 0) is 10.0 Å². The summed E-state index contributed by atoms with van der Waals surface area (Å²) in [4.78, 5) is 5.79. The SMILES string of the molecule is CN=C(NCCNS(=O)(=O)c1cccs1)NC1CCN(c2c(F)cccc2F)C1.I. The molecule has 1 unspecified atom stereocenters. The van der Waals surface area contributed by atoms with E-state index in [9.17, 15) is 17.2 Å². The van der Waals surface area contributed by atoms with Crippen molar-refractivity contribution in [1.82, 2.24) is 15.4 Å². The van der Waals surface area contributed by atoms with Crippen molar-refractivity contribution in [2.24, 2.45) is 4.99 Å². The van der Waals surface area contributed by atoms with E-state index in [4.69, 9.17) is 0 Å². The number of nitrogens with zero attached hydrogens (tertiary/aromatic N) is 2. The maximum Gasteiger partial charge on any atom is 0.250 e. The topological polar surface area (TPSA) is 85.8 Å². The van der Waals surface area contributed by atoms with Crippen LogP contribution in [-0.4, -0.2) is 53.6 Å². The summed E-state index contributed by atoms with van der Waals surface area (Å²) in [6.07, 6.45) is 0.694. The lowest BCUT2D eigenvalue weighted by Crippen LogP contribution is -2.46. The molecule has 1 atom stereocenters. The summed E-state index contributed by atoms with van der Waals surface area (Å²) in [5, 5.41) is 7.95. The van der Waals surface area contributed by atoms with Crippen LogP contribution in [0, 0.1) is 11.6 Å². The number of nitrogens with one attached hydrogen (secondary N) is 3. The van der Waals surface area contributed by atoms with Gasteiger partial charge in [0.15, 0.2) is 5.96 Å². The van der Waals surface area contributed by atoms with Gasteiger partial charge in [0, 0.05) is 39.3 Å². The molecule has 1 fully saturated rings. The summed E-state index contributed by atoms with van der Waals surface area (Å²) in [6.45, 7) is 1.48. The van der Waals surface area contributed by atoms with Crippen LogP contribution in [0.3, 0.4) is 0 Å². The number of anilines is 1. The Bertz CT molecular complexity index is 937. The molecule has 1 aliphatic rings. The molecule has 0 saturated carbocycles. The third-order valence-corrected chi connectivity index (χ3v) is 7.33. The van der Waals surface area contributed by atoms with Crippen LogP contribution in [0.25, 0.3) is 0 Å². The summed E-state index contributed by atoms with van der Waals surface area (Å²) in [5.74, 6) is -0.654. The monoisotopic (exact) mass is 571 g/mol. The molecule has 1 saturated heterocycles. The van der Waals surface area contributed by atoms with E-state index in [1.165, 1.54) is 18.2 Å². The van der Waals surface area contributed by atoms with Crippen LogP contribution in [0.1, 0.15) is 6.42 Å². The molecule has 2 heterocycles. The first-order chi connectivity index (χ1) is 13.9. The van der Waals surface area contributed by atoms with E-state index < -0.39 is 21.7 Å². The van der Waals surface area contributed by atoms with Gasteiger partial charge in [-0.15, -0.1) is 35.3 Å². The molecule has 166 valence electrons. The van der Waals surface area contributed by atoms with E-state index >= 15 is 0 Å². The first kappa shape index (κ1) is 24.8. The molecule has 0 bridgehead atoms. The maximum atomic E-state index is 14.0. The number of halogens is 3. The molecular formula is C18H24F2IN5O2S2. The highest BCUT2D eigenvalue weighted by molar-refractivity contribution is 14.0. The highest BCUT2D eigenvalue weighted by Gasteiger charge is 2.27. The Morgan fingerprint density at radius 1 is 1.23 bits per heavy atom. The molecule has 7 nitrogen and oxygen atoms in total. The van der Waals surface area contributed by atoms with Gasteiger partial charge in [-0.1, -0.05) is 12.1 Å². The third kappa shape index (κ3) is 6.25. The molecule has 0 radical (unpaired) electrons. The zero-order valence-corrected chi connectivity index (χ0v) is 20.2. The lowest BCUT2D eigenvalue weighted by atomic mass is 10.2. The fourth-order valence-corrected chi connectivity index (χ4v) is 5.18. The van der Waals surface area contributed by atoms with Gasteiger partial charge in [0.25, 0.3) is 0 Å². The normalized spacial score (nSPS) is 17.0. The van der Waals surface area contributed by atoms with Crippen LogP contribution in [0.5, 0.6) is 0 Å². The molecule has 30 heavy (non-hydrogen) atoms. The minimum absolute atomic E-state index is 0. The van der Waals surface area contributed by atoms with Gasteiger partial charge in [-0.05, 0) is 30.0 Å². The van der Waals surface area contributed by atoms with Gasteiger partial charge >= 0.3 is 0 Å². The lowest BCUT2D eigenvalue weighted by Gasteiger charge is -2.21. The van der Waals surface area contributed by atoms with Gasteiger partial charge in [0.05, 0.1) is 0 Å². The van der Waals surface area contributed by atoms with E-state index in [-0.39, 0.29) is 46.5 Å². The van der Waals surface area contributed by atoms with Crippen LogP contribution in [0.4, 0.5) is 14.5 Å². The minimum atomic E-state index is -3.50. The van der Waals surface area contributed by atoms with E-state index in [1.54, 1.807) is 29.5 Å². The van der Waals surface area contributed by atoms with Crippen molar-refractivity contribution in [3.8, 4) is 0 Å². The van der Waals surface area contributed by atoms with Gasteiger partial charge in [0.2, 0.25) is 10.0 Å². The molecule has 1 aromatic carbocycles. The lowest BCUT2D eigenvalue weighted by molar-refractivity contribution is 0.575. The van der Waals surface area contributed by atoms with Crippen LogP contribution in [0.2, 0.25) is 0 Å². The average Bonchev–Trinajstić information content (AvgIpc) is 3.37. The molecule has 1 aliphatic heterocycles. The van der Waals surface area contributed by atoms with Crippen molar-refractivity contribution in [1.29, 1.82) is 0 Å². The zero-order valence-electron chi connectivity index (χ0n) is 16.3. The number of benzene rings is 1. The predicted octanol–water partition coefficient (Wildman–Crippen LogP) is 2.37. The van der Waals surface area contributed by atoms with E-state index in [0.29, 0.717) is 32.0 Å². The quantitative estimate of drug-likeness (QED) is 0.206. The summed E-state index contributed by atoms with van der Waals surface area (Å²) >= 11 is 1.16. The average molecular weight is 571 g/mol. The number of thiophene rings is 1. The van der Waals surface area contributed by atoms with Crippen molar-refractivity contribution >= 4 is 57.0 Å². The first-order valence-electron chi connectivity index (χ1n) is 9.10. The predicted molar refractivity (Wildman–Crippen MR) is 126 cm³/mol. The molecule has 1 aromatic heterocycles. The molecule has 12 heteroatoms. The minimum Gasteiger partial charge on any atom is -0.365 e. The molecular weight excluding hydrogens is 547 g/mol. The number of sulfonamides is 1. The molecule has 3 N–H and O–H groups in total. The van der Waals surface area contributed by atoms with Gasteiger partial charge in [-0.2, -0.15) is 0 Å². The number of hydrogen-bond acceptors (Lipinski definition) is 5. The number of rotatable bonds is 7. The molecule has 3 rings (SSSR count). The summed E-state index contributed by atoms with van der Waals surface area (Å²) < 4.78 is 54.9. The highest BCUT2D eigenvalue weighted by atomic mass is 127. The molecule has 2 aromatic rings. The van der Waals surface area contributed by atoms with Crippen LogP contribution < -0.4 is 20.3 Å². The second kappa shape index (κ2) is 11.2. The maximum absolute atomic E-state index is 14.0. The van der Waals surface area contributed by atoms with E-state index in [0.717, 1.165) is 11.3 Å². The second-order valence-corrected chi connectivity index (χ2v) is 9.42. The van der Waals surface area contributed by atoms with Crippen molar-refractivity contribution in [3.05, 3.63) is 47.3 Å². The summed E-state index contributed by atoms with van der Waals surface area (Å²) in [7, 11) is -1.89. The molecule has 0 aliphatic carbocycles. The van der Waals surface area contributed by atoms with Gasteiger partial charge in [-0.25, -0.2) is 21.9 Å². The zero-order chi connectivity index (χ0) is 20.9. The van der Waals surface area contributed by atoms with E-state index in [1.807, 2.05) is 0 Å². The van der Waals surface area contributed by atoms with Crippen molar-refractivity contribution in [2.75, 3.05) is 38.1 Å². The largest absolute Gasteiger partial charge is 0.365 e. The molecule has 0 amide bonds. The van der Waals surface area contributed by atoms with E-state index in [2.05, 4.69) is 20.3 Å². The Morgan fingerprint density at radius 3 is 2.60 bits per heavy atom. The summed E-state index contributed by atoms with van der Waals surface area (Å²) in [6, 6.07) is 7.03. The molecule has 0 spiro atoms. The third-order valence-electron chi connectivity index (χ3n) is 4.48. The van der Waals surface area contributed by atoms with Crippen molar-refractivity contribution in [3.63, 3.8) is 0 Å². The van der Waals surface area contributed by atoms with Gasteiger partial charge in [0.1, 0.15) is 21.5 Å². The Kier molecular flexibility index (Phi) is 9.25. The standard InChI is InChI=1S/C18H23F2N5O2S2.HI/c1-21-18(22-8-9-23-29(26,27)16-6-3-11-28-16)24-13-7-10-25(12-13)17-14(19)4-2-5-15(17)20;/h2-6,11,13,23H,7-10,12H2,1H3,(H2,21,22,24);1H. The fourth-order valence-electron chi connectivity index (χ4n) is 3.11. The van der Waals surface area contributed by atoms with Crippen LogP contribution in [0.15, 0.2) is 44.9 Å². The smallest absolute Gasteiger partial charge is 0.250 e. The van der Waals surface area contributed by atoms with Gasteiger partial charge in [-0.3, -0.25) is 4.99 Å². The highest BCUT2D eigenvalue weighted by Crippen LogP contribution is 2.26. The Labute approximate surface area is 196 Å².